The Kier molecular flexibility index (Phi) is 4.73. The van der Waals surface area contributed by atoms with Crippen molar-refractivity contribution in [1.82, 2.24) is 4.90 Å². The van der Waals surface area contributed by atoms with Crippen molar-refractivity contribution in [3.8, 4) is 0 Å². The number of benzene rings is 1. The molecule has 94 valence electrons. The summed E-state index contributed by atoms with van der Waals surface area (Å²) in [6.07, 6.45) is 7.26. The van der Waals surface area contributed by atoms with Crippen molar-refractivity contribution in [2.75, 3.05) is 26.3 Å². The molecule has 0 aliphatic carbocycles. The van der Waals surface area contributed by atoms with Gasteiger partial charge in [0.05, 0.1) is 13.2 Å². The first-order valence-corrected chi connectivity index (χ1v) is 6.12. The second kappa shape index (κ2) is 6.77. The lowest BCUT2D eigenvalue weighted by Crippen LogP contribution is -2.31. The first kappa shape index (κ1) is 12.6. The molecule has 0 spiro atoms. The summed E-state index contributed by atoms with van der Waals surface area (Å²) in [6.45, 7) is 3.38. The van der Waals surface area contributed by atoms with Crippen molar-refractivity contribution in [2.45, 2.75) is 0 Å². The van der Waals surface area contributed by atoms with Crippen molar-refractivity contribution < 1.29 is 9.53 Å². The number of ether oxygens (including phenoxy) is 1. The van der Waals surface area contributed by atoms with Gasteiger partial charge in [-0.25, -0.2) is 0 Å². The van der Waals surface area contributed by atoms with Crippen LogP contribution in [0.1, 0.15) is 10.4 Å². The van der Waals surface area contributed by atoms with E-state index in [-0.39, 0.29) is 5.78 Å². The predicted octanol–water partition coefficient (Wildman–Crippen LogP) is 2.27. The van der Waals surface area contributed by atoms with Crippen molar-refractivity contribution in [3.05, 3.63) is 60.3 Å². The van der Waals surface area contributed by atoms with Crippen LogP contribution in [0.3, 0.4) is 0 Å². The van der Waals surface area contributed by atoms with Gasteiger partial charge < -0.3 is 9.64 Å². The summed E-state index contributed by atoms with van der Waals surface area (Å²) in [7, 11) is 0. The topological polar surface area (TPSA) is 29.5 Å². The van der Waals surface area contributed by atoms with Crippen LogP contribution in [0.15, 0.2) is 54.8 Å². The molecule has 0 aromatic heterocycles. The van der Waals surface area contributed by atoms with E-state index >= 15 is 0 Å². The lowest BCUT2D eigenvalue weighted by Gasteiger charge is -2.24. The van der Waals surface area contributed by atoms with Crippen LogP contribution >= 0.6 is 0 Å². The molecular weight excluding hydrogens is 226 g/mol. The molecule has 3 nitrogen and oxygen atoms in total. The summed E-state index contributed by atoms with van der Waals surface area (Å²) >= 11 is 0. The number of rotatable bonds is 4. The van der Waals surface area contributed by atoms with Gasteiger partial charge in [0.15, 0.2) is 5.78 Å². The van der Waals surface area contributed by atoms with Crippen LogP contribution in [-0.2, 0) is 4.74 Å². The number of ketones is 1. The van der Waals surface area contributed by atoms with Gasteiger partial charge in [0.25, 0.3) is 0 Å². The standard InChI is InChI=1S/C15H17NO2/c17-15(14-6-2-1-3-7-14)8-4-5-9-16-10-12-18-13-11-16/h1-9H,10-13H2/b8-4+,9-5+. The zero-order valence-corrected chi connectivity index (χ0v) is 10.3. The van der Waals surface area contributed by atoms with Crippen LogP contribution < -0.4 is 0 Å². The van der Waals surface area contributed by atoms with Crippen molar-refractivity contribution in [2.24, 2.45) is 0 Å². The Hall–Kier alpha value is -1.87. The van der Waals surface area contributed by atoms with E-state index in [0.29, 0.717) is 5.56 Å². The molecule has 1 saturated heterocycles. The summed E-state index contributed by atoms with van der Waals surface area (Å²) in [5.74, 6) is 0.0298. The maximum Gasteiger partial charge on any atom is 0.185 e. The Labute approximate surface area is 107 Å². The van der Waals surface area contributed by atoms with Gasteiger partial charge >= 0.3 is 0 Å². The highest BCUT2D eigenvalue weighted by molar-refractivity contribution is 6.04. The zero-order valence-electron chi connectivity index (χ0n) is 10.3. The van der Waals surface area contributed by atoms with E-state index in [1.807, 2.05) is 42.6 Å². The molecule has 1 aromatic carbocycles. The van der Waals surface area contributed by atoms with Gasteiger partial charge in [-0.15, -0.1) is 0 Å². The molecule has 3 heteroatoms. The third-order valence-electron chi connectivity index (χ3n) is 2.76. The third-order valence-corrected chi connectivity index (χ3v) is 2.76. The molecule has 18 heavy (non-hydrogen) atoms. The van der Waals surface area contributed by atoms with Gasteiger partial charge in [0, 0.05) is 18.7 Å². The maximum absolute atomic E-state index is 11.7. The summed E-state index contributed by atoms with van der Waals surface area (Å²) in [4.78, 5) is 13.9. The molecule has 0 radical (unpaired) electrons. The monoisotopic (exact) mass is 243 g/mol. The van der Waals surface area contributed by atoms with Gasteiger partial charge in [-0.2, -0.15) is 0 Å². The van der Waals surface area contributed by atoms with Gasteiger partial charge in [0.1, 0.15) is 0 Å². The van der Waals surface area contributed by atoms with Gasteiger partial charge in [0.2, 0.25) is 0 Å². The number of carbonyl (C=O) groups is 1. The number of allylic oxidation sites excluding steroid dienone is 3. The minimum atomic E-state index is 0.0298. The van der Waals surface area contributed by atoms with E-state index in [0.717, 1.165) is 26.3 Å². The highest BCUT2D eigenvalue weighted by Gasteiger charge is 2.04. The molecular formula is C15H17NO2. The van der Waals surface area contributed by atoms with E-state index in [9.17, 15) is 4.79 Å². The summed E-state index contributed by atoms with van der Waals surface area (Å²) in [6, 6.07) is 9.27. The Morgan fingerprint density at radius 3 is 2.56 bits per heavy atom. The van der Waals surface area contributed by atoms with E-state index in [1.54, 1.807) is 12.2 Å². The molecule has 0 atom stereocenters. The quantitative estimate of drug-likeness (QED) is 0.461. The number of hydrogen-bond donors (Lipinski definition) is 0. The molecule has 0 N–H and O–H groups in total. The smallest absolute Gasteiger partial charge is 0.185 e. The predicted molar refractivity (Wildman–Crippen MR) is 71.4 cm³/mol. The Morgan fingerprint density at radius 2 is 1.83 bits per heavy atom. The Balaban J connectivity index is 1.84. The fraction of sp³-hybridized carbons (Fsp3) is 0.267. The van der Waals surface area contributed by atoms with E-state index < -0.39 is 0 Å². The lowest BCUT2D eigenvalue weighted by molar-refractivity contribution is 0.0594. The van der Waals surface area contributed by atoms with Gasteiger partial charge in [-0.1, -0.05) is 36.4 Å². The van der Waals surface area contributed by atoms with Crippen LogP contribution in [0.25, 0.3) is 0 Å². The second-order valence-corrected chi connectivity index (χ2v) is 4.08. The number of morpholine rings is 1. The lowest BCUT2D eigenvalue weighted by atomic mass is 10.1. The van der Waals surface area contributed by atoms with Crippen molar-refractivity contribution >= 4 is 5.78 Å². The number of nitrogens with zero attached hydrogens (tertiary/aromatic N) is 1. The van der Waals surface area contributed by atoms with Crippen molar-refractivity contribution in [3.63, 3.8) is 0 Å². The van der Waals surface area contributed by atoms with Gasteiger partial charge in [-0.3, -0.25) is 4.79 Å². The Bertz CT molecular complexity index is 431. The van der Waals surface area contributed by atoms with Crippen LogP contribution in [-0.4, -0.2) is 37.0 Å². The van der Waals surface area contributed by atoms with Crippen molar-refractivity contribution in [1.29, 1.82) is 0 Å². The van der Waals surface area contributed by atoms with E-state index in [4.69, 9.17) is 4.74 Å². The Morgan fingerprint density at radius 1 is 1.11 bits per heavy atom. The minimum Gasteiger partial charge on any atom is -0.378 e. The molecule has 1 aliphatic heterocycles. The second-order valence-electron chi connectivity index (χ2n) is 4.08. The molecule has 2 rings (SSSR count). The average Bonchev–Trinajstić information content (AvgIpc) is 2.45. The molecule has 1 aliphatic rings. The summed E-state index contributed by atoms with van der Waals surface area (Å²) in [5.41, 5.74) is 0.716. The number of hydrogen-bond acceptors (Lipinski definition) is 3. The minimum absolute atomic E-state index is 0.0298. The van der Waals surface area contributed by atoms with Crippen LogP contribution in [0.5, 0.6) is 0 Å². The fourth-order valence-corrected chi connectivity index (χ4v) is 1.74. The van der Waals surface area contributed by atoms with E-state index in [1.165, 1.54) is 0 Å². The van der Waals surface area contributed by atoms with Gasteiger partial charge in [-0.05, 0) is 18.4 Å². The SMILES string of the molecule is O=C(/C=C/C=C/N1CCOCC1)c1ccccc1. The highest BCUT2D eigenvalue weighted by Crippen LogP contribution is 2.01. The normalized spacial score (nSPS) is 16.6. The largest absolute Gasteiger partial charge is 0.378 e. The molecule has 1 aromatic rings. The van der Waals surface area contributed by atoms with Crippen LogP contribution in [0.4, 0.5) is 0 Å². The highest BCUT2D eigenvalue weighted by atomic mass is 16.5. The fourth-order valence-electron chi connectivity index (χ4n) is 1.74. The molecule has 0 unspecified atom stereocenters. The zero-order chi connectivity index (χ0) is 12.6. The van der Waals surface area contributed by atoms with Crippen LogP contribution in [0.2, 0.25) is 0 Å². The molecule has 0 amide bonds. The average molecular weight is 243 g/mol. The number of carbonyl (C=O) groups excluding carboxylic acids is 1. The first-order chi connectivity index (χ1) is 8.86. The molecule has 1 fully saturated rings. The third kappa shape index (κ3) is 3.86. The first-order valence-electron chi connectivity index (χ1n) is 6.12. The summed E-state index contributed by atoms with van der Waals surface area (Å²) in [5, 5.41) is 0. The molecule has 1 heterocycles. The summed E-state index contributed by atoms with van der Waals surface area (Å²) < 4.78 is 5.25. The molecule has 0 bridgehead atoms. The van der Waals surface area contributed by atoms with Crippen LogP contribution in [0, 0.1) is 0 Å². The van der Waals surface area contributed by atoms with E-state index in [2.05, 4.69) is 4.90 Å². The molecule has 0 saturated carbocycles. The maximum atomic E-state index is 11.7.